The summed E-state index contributed by atoms with van der Waals surface area (Å²) in [4.78, 5) is 42.3. The molecule has 0 radical (unpaired) electrons. The highest BCUT2D eigenvalue weighted by Gasteiger charge is 2.38. The van der Waals surface area contributed by atoms with Crippen LogP contribution >= 0.6 is 15.9 Å². The van der Waals surface area contributed by atoms with Gasteiger partial charge in [0.05, 0.1) is 5.92 Å². The molecule has 0 N–H and O–H groups in total. The molecular weight excluding hydrogens is 390 g/mol. The monoisotopic (exact) mass is 411 g/mol. The minimum absolute atomic E-state index is 0.0179. The first kappa shape index (κ1) is 18.0. The largest absolute Gasteiger partial charge is 0.444 e. The average Bonchev–Trinajstić information content (AvgIpc) is 3.19. The van der Waals surface area contributed by atoms with Gasteiger partial charge in [-0.1, -0.05) is 0 Å². The molecule has 0 aromatic carbocycles. The van der Waals surface area contributed by atoms with Crippen LogP contribution in [0, 0.1) is 5.92 Å². The Morgan fingerprint density at radius 2 is 1.80 bits per heavy atom. The van der Waals surface area contributed by atoms with Crippen LogP contribution in [-0.4, -0.2) is 71.2 Å². The fourth-order valence-electron chi connectivity index (χ4n) is 3.37. The van der Waals surface area contributed by atoms with E-state index in [1.165, 1.54) is 0 Å². The van der Waals surface area contributed by atoms with Crippen LogP contribution in [0.2, 0.25) is 0 Å². The molecule has 7 nitrogen and oxygen atoms in total. The van der Waals surface area contributed by atoms with E-state index in [0.29, 0.717) is 43.2 Å². The van der Waals surface area contributed by atoms with Gasteiger partial charge in [0.1, 0.15) is 0 Å². The Kier molecular flexibility index (Phi) is 5.17. The molecule has 3 heterocycles. The molecule has 0 saturated carbocycles. The third-order valence-electron chi connectivity index (χ3n) is 4.79. The first-order valence-corrected chi connectivity index (χ1v) is 9.29. The van der Waals surface area contributed by atoms with Crippen molar-refractivity contribution in [3.63, 3.8) is 0 Å². The number of nitrogens with zero attached hydrogens (tertiary/aromatic N) is 3. The third-order valence-corrected chi connectivity index (χ3v) is 5.22. The van der Waals surface area contributed by atoms with Crippen molar-refractivity contribution in [2.24, 2.45) is 5.92 Å². The summed E-state index contributed by atoms with van der Waals surface area (Å²) in [5.74, 6) is -0.0754. The van der Waals surface area contributed by atoms with Gasteiger partial charge in [0.15, 0.2) is 10.4 Å². The van der Waals surface area contributed by atoms with Crippen LogP contribution in [-0.2, 0) is 9.59 Å². The molecule has 2 fully saturated rings. The molecule has 3 rings (SSSR count). The van der Waals surface area contributed by atoms with Gasteiger partial charge in [0.2, 0.25) is 11.8 Å². The summed E-state index contributed by atoms with van der Waals surface area (Å²) < 4.78 is 5.82. The maximum absolute atomic E-state index is 12.7. The summed E-state index contributed by atoms with van der Waals surface area (Å²) in [6.45, 7) is 6.33. The second kappa shape index (κ2) is 7.19. The van der Waals surface area contributed by atoms with Crippen LogP contribution in [0.4, 0.5) is 0 Å². The molecule has 8 heteroatoms. The maximum atomic E-state index is 12.7. The zero-order chi connectivity index (χ0) is 18.1. The van der Waals surface area contributed by atoms with E-state index >= 15 is 0 Å². The van der Waals surface area contributed by atoms with Crippen molar-refractivity contribution in [1.82, 2.24) is 14.7 Å². The summed E-state index contributed by atoms with van der Waals surface area (Å²) in [6, 6.07) is 3.44. The number of hydrogen-bond donors (Lipinski definition) is 0. The number of piperazine rings is 1. The second-order valence-electron chi connectivity index (χ2n) is 6.76. The predicted molar refractivity (Wildman–Crippen MR) is 93.8 cm³/mol. The lowest BCUT2D eigenvalue weighted by Crippen LogP contribution is -2.52. The van der Waals surface area contributed by atoms with Crippen LogP contribution in [0.25, 0.3) is 0 Å². The van der Waals surface area contributed by atoms with Gasteiger partial charge in [0, 0.05) is 45.2 Å². The van der Waals surface area contributed by atoms with Gasteiger partial charge in [0.25, 0.3) is 5.91 Å². The summed E-state index contributed by atoms with van der Waals surface area (Å²) >= 11 is 3.19. The maximum Gasteiger partial charge on any atom is 0.289 e. The molecule has 136 valence electrons. The summed E-state index contributed by atoms with van der Waals surface area (Å²) in [5.41, 5.74) is 0. The van der Waals surface area contributed by atoms with Gasteiger partial charge in [-0.05, 0) is 41.9 Å². The number of likely N-dealkylation sites (tertiary alicyclic amines) is 1. The van der Waals surface area contributed by atoms with E-state index in [4.69, 9.17) is 4.42 Å². The lowest BCUT2D eigenvalue weighted by molar-refractivity contribution is -0.137. The Labute approximate surface area is 155 Å². The standard InChI is InChI=1S/C17H22BrN3O4/c1-11(2)21-10-12(9-15(21)22)16(23)19-5-7-20(8-6-19)17(24)13-3-4-14(18)25-13/h3-4,11-12H,5-10H2,1-2H3. The van der Waals surface area contributed by atoms with E-state index in [1.54, 1.807) is 26.8 Å². The van der Waals surface area contributed by atoms with Gasteiger partial charge in [-0.2, -0.15) is 0 Å². The van der Waals surface area contributed by atoms with E-state index in [-0.39, 0.29) is 36.1 Å². The lowest BCUT2D eigenvalue weighted by Gasteiger charge is -2.35. The topological polar surface area (TPSA) is 74.1 Å². The Bertz CT molecular complexity index is 679. The van der Waals surface area contributed by atoms with Crippen molar-refractivity contribution in [1.29, 1.82) is 0 Å². The predicted octanol–water partition coefficient (Wildman–Crippen LogP) is 1.58. The highest BCUT2D eigenvalue weighted by atomic mass is 79.9. The minimum atomic E-state index is -0.266. The van der Waals surface area contributed by atoms with E-state index in [2.05, 4.69) is 15.9 Å². The van der Waals surface area contributed by atoms with E-state index < -0.39 is 0 Å². The molecule has 0 spiro atoms. The SMILES string of the molecule is CC(C)N1CC(C(=O)N2CCN(C(=O)c3ccc(Br)o3)CC2)CC1=O. The second-order valence-corrected chi connectivity index (χ2v) is 7.54. The van der Waals surface area contributed by atoms with Crippen molar-refractivity contribution in [3.8, 4) is 0 Å². The highest BCUT2D eigenvalue weighted by Crippen LogP contribution is 2.23. The number of furan rings is 1. The zero-order valence-corrected chi connectivity index (χ0v) is 16.0. The quantitative estimate of drug-likeness (QED) is 0.756. The molecule has 1 unspecified atom stereocenters. The van der Waals surface area contributed by atoms with E-state index in [1.807, 2.05) is 13.8 Å². The molecule has 1 atom stereocenters. The van der Waals surface area contributed by atoms with Crippen LogP contribution < -0.4 is 0 Å². The zero-order valence-electron chi connectivity index (χ0n) is 14.4. The fraction of sp³-hybridized carbons (Fsp3) is 0.588. The van der Waals surface area contributed by atoms with E-state index in [0.717, 1.165) is 0 Å². The molecule has 2 aliphatic heterocycles. The van der Waals surface area contributed by atoms with Crippen LogP contribution in [0.1, 0.15) is 30.8 Å². The van der Waals surface area contributed by atoms with Gasteiger partial charge in [-0.3, -0.25) is 14.4 Å². The average molecular weight is 412 g/mol. The van der Waals surface area contributed by atoms with E-state index in [9.17, 15) is 14.4 Å². The van der Waals surface area contributed by atoms with Gasteiger partial charge in [-0.15, -0.1) is 0 Å². The Hall–Kier alpha value is -1.83. The highest BCUT2D eigenvalue weighted by molar-refractivity contribution is 9.10. The van der Waals surface area contributed by atoms with Crippen LogP contribution in [0.5, 0.6) is 0 Å². The summed E-state index contributed by atoms with van der Waals surface area (Å²) in [6.07, 6.45) is 0.288. The summed E-state index contributed by atoms with van der Waals surface area (Å²) in [7, 11) is 0. The molecule has 2 saturated heterocycles. The van der Waals surface area contributed by atoms with Crippen molar-refractivity contribution < 1.29 is 18.8 Å². The number of rotatable bonds is 3. The molecule has 0 aliphatic carbocycles. The number of hydrogen-bond acceptors (Lipinski definition) is 4. The minimum Gasteiger partial charge on any atom is -0.444 e. The number of halogens is 1. The van der Waals surface area contributed by atoms with Crippen molar-refractivity contribution in [2.45, 2.75) is 26.3 Å². The summed E-state index contributed by atoms with van der Waals surface area (Å²) in [5, 5.41) is 0. The van der Waals surface area contributed by atoms with Crippen molar-refractivity contribution >= 4 is 33.7 Å². The Morgan fingerprint density at radius 1 is 1.16 bits per heavy atom. The van der Waals surface area contributed by atoms with Crippen LogP contribution in [0.15, 0.2) is 21.2 Å². The molecule has 2 aliphatic rings. The Morgan fingerprint density at radius 3 is 2.32 bits per heavy atom. The van der Waals surface area contributed by atoms with Gasteiger partial charge >= 0.3 is 0 Å². The third kappa shape index (κ3) is 3.73. The van der Waals surface area contributed by atoms with Gasteiger partial charge in [-0.25, -0.2) is 0 Å². The van der Waals surface area contributed by atoms with Crippen molar-refractivity contribution in [2.75, 3.05) is 32.7 Å². The van der Waals surface area contributed by atoms with Crippen molar-refractivity contribution in [3.05, 3.63) is 22.6 Å². The number of carbonyl (C=O) groups excluding carboxylic acids is 3. The molecular formula is C17H22BrN3O4. The molecule has 1 aromatic heterocycles. The number of amides is 3. The first-order valence-electron chi connectivity index (χ1n) is 8.49. The van der Waals surface area contributed by atoms with Gasteiger partial charge < -0.3 is 19.1 Å². The fourth-order valence-corrected chi connectivity index (χ4v) is 3.68. The lowest BCUT2D eigenvalue weighted by atomic mass is 10.1. The Balaban J connectivity index is 1.55. The molecule has 3 amide bonds. The smallest absolute Gasteiger partial charge is 0.289 e. The number of carbonyl (C=O) groups is 3. The van der Waals surface area contributed by atoms with Crippen LogP contribution in [0.3, 0.4) is 0 Å². The molecule has 25 heavy (non-hydrogen) atoms. The normalized spacial score (nSPS) is 21.4. The molecule has 0 bridgehead atoms. The first-order chi connectivity index (χ1) is 11.9. The molecule has 1 aromatic rings.